The monoisotopic (exact) mass is 421 g/mol. The lowest BCUT2D eigenvalue weighted by Gasteiger charge is -2.37. The van der Waals surface area contributed by atoms with Gasteiger partial charge in [0.15, 0.2) is 0 Å². The molecule has 1 atom stereocenters. The van der Waals surface area contributed by atoms with Crippen LogP contribution < -0.4 is 10.2 Å². The van der Waals surface area contributed by atoms with E-state index in [0.29, 0.717) is 46.2 Å². The van der Waals surface area contributed by atoms with Crippen molar-refractivity contribution in [2.24, 2.45) is 0 Å². The first-order valence-corrected chi connectivity index (χ1v) is 9.59. The summed E-state index contributed by atoms with van der Waals surface area (Å²) in [6.07, 6.45) is -0.308. The lowest BCUT2D eigenvalue weighted by molar-refractivity contribution is 0.00455. The molecule has 1 fully saturated rings. The van der Waals surface area contributed by atoms with Crippen molar-refractivity contribution >= 4 is 38.9 Å². The van der Waals surface area contributed by atoms with Crippen molar-refractivity contribution in [3.8, 4) is 0 Å². The van der Waals surface area contributed by atoms with Crippen molar-refractivity contribution in [2.75, 3.05) is 50.8 Å². The molecule has 4 heterocycles. The van der Waals surface area contributed by atoms with Crippen molar-refractivity contribution < 1.29 is 18.3 Å². The first-order chi connectivity index (χ1) is 11.4. The first-order valence-electron chi connectivity index (χ1n) is 7.98. The summed E-state index contributed by atoms with van der Waals surface area (Å²) in [4.78, 5) is 17.0. The number of anilines is 1. The maximum atomic E-state index is 14.2. The number of hydrogen-bond acceptors (Lipinski definition) is 5. The molecule has 1 aromatic rings. The lowest BCUT2D eigenvalue weighted by Crippen LogP contribution is -2.52. The molecule has 0 radical (unpaired) electrons. The fourth-order valence-corrected chi connectivity index (χ4v) is 5.45. The van der Waals surface area contributed by atoms with Crippen molar-refractivity contribution in [1.29, 1.82) is 0 Å². The Balaban J connectivity index is 1.61. The van der Waals surface area contributed by atoms with E-state index in [0.717, 1.165) is 13.1 Å². The molecule has 132 valence electrons. The maximum Gasteiger partial charge on any atom is 0.269 e. The van der Waals surface area contributed by atoms with Crippen LogP contribution in [-0.4, -0.2) is 68.7 Å². The summed E-state index contributed by atoms with van der Waals surface area (Å²) in [5, 5.41) is 3.02. The van der Waals surface area contributed by atoms with Gasteiger partial charge in [0.05, 0.1) is 35.3 Å². The maximum absolute atomic E-state index is 14.2. The average molecular weight is 422 g/mol. The SMILES string of the molecule is O=C1N[C@H](CN2CCOCC2)CN2CC(F)(F)Cc3c(Br)sc1c32. The molecule has 0 spiro atoms. The Morgan fingerprint density at radius 2 is 2.12 bits per heavy atom. The second kappa shape index (κ2) is 6.19. The molecule has 3 aliphatic rings. The van der Waals surface area contributed by atoms with Crippen LogP contribution >= 0.6 is 27.3 Å². The van der Waals surface area contributed by atoms with Gasteiger partial charge in [-0.2, -0.15) is 0 Å². The van der Waals surface area contributed by atoms with Crippen LogP contribution in [0.15, 0.2) is 3.79 Å². The Morgan fingerprint density at radius 1 is 1.38 bits per heavy atom. The fourth-order valence-electron chi connectivity index (χ4n) is 3.66. The number of nitrogens with zero attached hydrogens (tertiary/aromatic N) is 2. The van der Waals surface area contributed by atoms with E-state index < -0.39 is 5.92 Å². The highest BCUT2D eigenvalue weighted by Gasteiger charge is 2.44. The van der Waals surface area contributed by atoms with E-state index in [4.69, 9.17) is 4.74 Å². The zero-order chi connectivity index (χ0) is 16.9. The molecule has 1 amide bonds. The van der Waals surface area contributed by atoms with Gasteiger partial charge in [-0.15, -0.1) is 11.3 Å². The van der Waals surface area contributed by atoms with Gasteiger partial charge in [-0.1, -0.05) is 0 Å². The number of thiophene rings is 1. The summed E-state index contributed by atoms with van der Waals surface area (Å²) < 4.78 is 34.3. The van der Waals surface area contributed by atoms with Gasteiger partial charge in [0.2, 0.25) is 0 Å². The van der Waals surface area contributed by atoms with E-state index in [1.165, 1.54) is 11.3 Å². The molecule has 24 heavy (non-hydrogen) atoms. The number of ether oxygens (including phenoxy) is 1. The van der Waals surface area contributed by atoms with Crippen molar-refractivity contribution in [3.05, 3.63) is 14.2 Å². The van der Waals surface area contributed by atoms with E-state index in [-0.39, 0.29) is 24.9 Å². The predicted molar refractivity (Wildman–Crippen MR) is 91.4 cm³/mol. The topological polar surface area (TPSA) is 44.8 Å². The smallest absolute Gasteiger partial charge is 0.269 e. The second-order valence-electron chi connectivity index (χ2n) is 6.53. The number of rotatable bonds is 2. The van der Waals surface area contributed by atoms with Gasteiger partial charge in [0.25, 0.3) is 11.8 Å². The quantitative estimate of drug-likeness (QED) is 0.792. The fraction of sp³-hybridized carbons (Fsp3) is 0.667. The molecule has 0 bridgehead atoms. The molecule has 5 nitrogen and oxygen atoms in total. The highest BCUT2D eigenvalue weighted by atomic mass is 79.9. The molecule has 1 N–H and O–H groups in total. The number of hydrogen-bond donors (Lipinski definition) is 1. The van der Waals surface area contributed by atoms with Gasteiger partial charge in [-0.05, 0) is 15.9 Å². The normalized spacial score (nSPS) is 26.7. The zero-order valence-electron chi connectivity index (χ0n) is 13.0. The number of halogens is 3. The Labute approximate surface area is 151 Å². The molecule has 3 aliphatic heterocycles. The Kier molecular flexibility index (Phi) is 4.30. The van der Waals surface area contributed by atoms with Crippen LogP contribution in [0, 0.1) is 0 Å². The third kappa shape index (κ3) is 3.07. The second-order valence-corrected chi connectivity index (χ2v) is 8.87. The Hall–Kier alpha value is -0.770. The Morgan fingerprint density at radius 3 is 2.88 bits per heavy atom. The number of nitrogens with one attached hydrogen (secondary N) is 1. The number of alkyl halides is 2. The van der Waals surface area contributed by atoms with Crippen LogP contribution in [-0.2, 0) is 11.2 Å². The molecule has 0 aromatic carbocycles. The third-order valence-electron chi connectivity index (χ3n) is 4.67. The minimum absolute atomic E-state index is 0.159. The molecule has 9 heteroatoms. The first kappa shape index (κ1) is 16.7. The van der Waals surface area contributed by atoms with Gasteiger partial charge < -0.3 is 15.0 Å². The average Bonchev–Trinajstić information content (AvgIpc) is 2.77. The van der Waals surface area contributed by atoms with Crippen LogP contribution in [0.5, 0.6) is 0 Å². The van der Waals surface area contributed by atoms with E-state index in [9.17, 15) is 13.6 Å². The van der Waals surface area contributed by atoms with E-state index in [2.05, 4.69) is 26.1 Å². The van der Waals surface area contributed by atoms with Crippen LogP contribution in [0.25, 0.3) is 0 Å². The largest absolute Gasteiger partial charge is 0.379 e. The standard InChI is InChI=1S/C15H18BrF2N3O2S/c16-13-10-5-15(17,18)8-21-7-9(6-20-1-3-23-4-2-20)19-14(22)12(24-13)11(10)21/h9H,1-8H2,(H,19,22)/t9-/m1/s1. The highest BCUT2D eigenvalue weighted by molar-refractivity contribution is 9.11. The molecule has 1 aromatic heterocycles. The third-order valence-corrected chi connectivity index (χ3v) is 6.64. The molecule has 0 aliphatic carbocycles. The van der Waals surface area contributed by atoms with Gasteiger partial charge in [0.1, 0.15) is 4.88 Å². The summed E-state index contributed by atoms with van der Waals surface area (Å²) >= 11 is 4.61. The van der Waals surface area contributed by atoms with Crippen molar-refractivity contribution in [1.82, 2.24) is 10.2 Å². The summed E-state index contributed by atoms with van der Waals surface area (Å²) in [6.45, 7) is 3.69. The molecular formula is C15H18BrF2N3O2S. The minimum Gasteiger partial charge on any atom is -0.379 e. The molecule has 4 rings (SSSR count). The predicted octanol–water partition coefficient (Wildman–Crippen LogP) is 1.95. The molecule has 0 saturated carbocycles. The van der Waals surface area contributed by atoms with Crippen LogP contribution in [0.1, 0.15) is 15.2 Å². The number of carbonyl (C=O) groups is 1. The van der Waals surface area contributed by atoms with Crippen LogP contribution in [0.3, 0.4) is 0 Å². The van der Waals surface area contributed by atoms with Crippen LogP contribution in [0.2, 0.25) is 0 Å². The Bertz CT molecular complexity index is 663. The number of morpholine rings is 1. The lowest BCUT2D eigenvalue weighted by atomic mass is 10.0. The summed E-state index contributed by atoms with van der Waals surface area (Å²) in [5.41, 5.74) is 1.26. The zero-order valence-corrected chi connectivity index (χ0v) is 15.4. The van der Waals surface area contributed by atoms with Gasteiger partial charge in [0, 0.05) is 38.2 Å². The van der Waals surface area contributed by atoms with Gasteiger partial charge in [-0.3, -0.25) is 9.69 Å². The highest BCUT2D eigenvalue weighted by Crippen LogP contribution is 2.46. The van der Waals surface area contributed by atoms with E-state index in [1.807, 2.05) is 0 Å². The molecule has 0 unspecified atom stereocenters. The van der Waals surface area contributed by atoms with Crippen molar-refractivity contribution in [3.63, 3.8) is 0 Å². The van der Waals surface area contributed by atoms with E-state index >= 15 is 0 Å². The number of amides is 1. The van der Waals surface area contributed by atoms with E-state index in [1.54, 1.807) is 4.90 Å². The minimum atomic E-state index is -2.77. The number of carbonyl (C=O) groups excluding carboxylic acids is 1. The molecule has 1 saturated heterocycles. The van der Waals surface area contributed by atoms with Crippen LogP contribution in [0.4, 0.5) is 14.5 Å². The van der Waals surface area contributed by atoms with Gasteiger partial charge >= 0.3 is 0 Å². The summed E-state index contributed by atoms with van der Waals surface area (Å²) in [6, 6.07) is -0.171. The van der Waals surface area contributed by atoms with Crippen molar-refractivity contribution in [2.45, 2.75) is 18.4 Å². The molecular weight excluding hydrogens is 404 g/mol. The summed E-state index contributed by atoms with van der Waals surface area (Å²) in [5.74, 6) is -2.93. The summed E-state index contributed by atoms with van der Waals surface area (Å²) in [7, 11) is 0. The van der Waals surface area contributed by atoms with Gasteiger partial charge in [-0.25, -0.2) is 8.78 Å².